The van der Waals surface area contributed by atoms with Gasteiger partial charge in [0, 0.05) is 6.07 Å². The molecule has 2 aromatic heterocycles. The van der Waals surface area contributed by atoms with E-state index in [9.17, 15) is 0 Å². The largest absolute Gasteiger partial charge is 0.258 e. The van der Waals surface area contributed by atoms with Crippen LogP contribution in [-0.2, 0) is 0 Å². The van der Waals surface area contributed by atoms with Gasteiger partial charge >= 0.3 is 0 Å². The van der Waals surface area contributed by atoms with Gasteiger partial charge in [-0.15, -0.1) is 0 Å². The van der Waals surface area contributed by atoms with E-state index in [0.717, 1.165) is 15.8 Å². The van der Waals surface area contributed by atoms with Crippen LogP contribution in [0, 0.1) is 6.92 Å². The van der Waals surface area contributed by atoms with Gasteiger partial charge in [0.15, 0.2) is 0 Å². The molecule has 0 aliphatic heterocycles. The third-order valence-corrected chi connectivity index (χ3v) is 1.83. The predicted octanol–water partition coefficient (Wildman–Crippen LogP) is 1.80. The van der Waals surface area contributed by atoms with Crippen LogP contribution in [0.15, 0.2) is 23.1 Å². The molecule has 4 heteroatoms. The van der Waals surface area contributed by atoms with Crippen LogP contribution in [0.2, 0.25) is 0 Å². The summed E-state index contributed by atoms with van der Waals surface area (Å²) in [7, 11) is 0. The van der Waals surface area contributed by atoms with Crippen LogP contribution < -0.4 is 0 Å². The lowest BCUT2D eigenvalue weighted by Crippen LogP contribution is -1.89. The maximum atomic E-state index is 4.17. The fourth-order valence-corrected chi connectivity index (χ4v) is 1.36. The highest BCUT2D eigenvalue weighted by molar-refractivity contribution is 9.10. The Morgan fingerprint density at radius 3 is 3.18 bits per heavy atom. The minimum absolute atomic E-state index is 0.838. The van der Waals surface area contributed by atoms with Gasteiger partial charge in [0.05, 0.1) is 23.6 Å². The number of fused-ring (bicyclic) bond motifs is 1. The van der Waals surface area contributed by atoms with Crippen LogP contribution in [0.5, 0.6) is 0 Å². The van der Waals surface area contributed by atoms with Crippen LogP contribution in [0.25, 0.3) is 5.52 Å². The zero-order valence-electron chi connectivity index (χ0n) is 5.95. The SMILES string of the molecule is Cc1cn2nc(Br)cc2cn1. The highest BCUT2D eigenvalue weighted by Gasteiger charge is 1.97. The summed E-state index contributed by atoms with van der Waals surface area (Å²) in [6.07, 6.45) is 3.69. The van der Waals surface area contributed by atoms with Gasteiger partial charge in [0.1, 0.15) is 4.60 Å². The van der Waals surface area contributed by atoms with E-state index >= 15 is 0 Å². The lowest BCUT2D eigenvalue weighted by atomic mass is 10.5. The summed E-state index contributed by atoms with van der Waals surface area (Å²) in [6.45, 7) is 1.94. The van der Waals surface area contributed by atoms with Gasteiger partial charge < -0.3 is 0 Å². The van der Waals surface area contributed by atoms with Crippen molar-refractivity contribution >= 4 is 21.4 Å². The van der Waals surface area contributed by atoms with Crippen LogP contribution in [-0.4, -0.2) is 14.6 Å². The monoisotopic (exact) mass is 211 g/mol. The molecule has 0 saturated carbocycles. The Kier molecular flexibility index (Phi) is 1.42. The molecule has 0 aromatic carbocycles. The summed E-state index contributed by atoms with van der Waals surface area (Å²) in [6, 6.07) is 1.92. The number of aromatic nitrogens is 3. The number of rotatable bonds is 0. The molecule has 0 amide bonds. The van der Waals surface area contributed by atoms with Gasteiger partial charge in [-0.25, -0.2) is 4.52 Å². The van der Waals surface area contributed by atoms with Gasteiger partial charge in [-0.1, -0.05) is 0 Å². The van der Waals surface area contributed by atoms with E-state index in [1.54, 1.807) is 10.7 Å². The molecule has 0 aliphatic carbocycles. The molecule has 0 aliphatic rings. The third kappa shape index (κ3) is 1.14. The highest BCUT2D eigenvalue weighted by Crippen LogP contribution is 2.10. The Morgan fingerprint density at radius 2 is 2.36 bits per heavy atom. The molecule has 0 radical (unpaired) electrons. The highest BCUT2D eigenvalue weighted by atomic mass is 79.9. The molecule has 0 saturated heterocycles. The van der Waals surface area contributed by atoms with Crippen molar-refractivity contribution < 1.29 is 0 Å². The van der Waals surface area contributed by atoms with Crippen LogP contribution in [0.1, 0.15) is 5.69 Å². The Bertz CT molecular complexity index is 393. The fourth-order valence-electron chi connectivity index (χ4n) is 0.956. The van der Waals surface area contributed by atoms with Crippen LogP contribution in [0.3, 0.4) is 0 Å². The van der Waals surface area contributed by atoms with Crippen molar-refractivity contribution in [2.45, 2.75) is 6.92 Å². The van der Waals surface area contributed by atoms with Gasteiger partial charge in [-0.3, -0.25) is 4.98 Å². The number of nitrogens with zero attached hydrogens (tertiary/aromatic N) is 3. The van der Waals surface area contributed by atoms with Crippen LogP contribution >= 0.6 is 15.9 Å². The molecule has 0 fully saturated rings. The number of hydrogen-bond acceptors (Lipinski definition) is 2. The van der Waals surface area contributed by atoms with E-state index in [1.807, 2.05) is 19.2 Å². The second-order valence-electron chi connectivity index (χ2n) is 2.37. The van der Waals surface area contributed by atoms with Gasteiger partial charge in [-0.2, -0.15) is 5.10 Å². The Balaban J connectivity index is 2.82. The fraction of sp³-hybridized carbons (Fsp3) is 0.143. The first-order valence-electron chi connectivity index (χ1n) is 3.23. The lowest BCUT2D eigenvalue weighted by molar-refractivity contribution is 0.917. The molecule has 56 valence electrons. The Morgan fingerprint density at radius 1 is 1.55 bits per heavy atom. The lowest BCUT2D eigenvalue weighted by Gasteiger charge is -1.92. The summed E-state index contributed by atoms with van der Waals surface area (Å²) in [5.41, 5.74) is 1.97. The predicted molar refractivity (Wildman–Crippen MR) is 45.4 cm³/mol. The van der Waals surface area contributed by atoms with E-state index in [4.69, 9.17) is 0 Å². The van der Waals surface area contributed by atoms with E-state index in [-0.39, 0.29) is 0 Å². The summed E-state index contributed by atoms with van der Waals surface area (Å²) < 4.78 is 2.64. The second kappa shape index (κ2) is 2.30. The van der Waals surface area contributed by atoms with Crippen molar-refractivity contribution in [1.29, 1.82) is 0 Å². The molecule has 0 spiro atoms. The number of halogens is 1. The first kappa shape index (κ1) is 6.79. The third-order valence-electron chi connectivity index (χ3n) is 1.44. The van der Waals surface area contributed by atoms with Gasteiger partial charge in [0.2, 0.25) is 0 Å². The molecule has 2 heterocycles. The summed E-state index contributed by atoms with van der Waals surface area (Å²) in [5, 5.41) is 4.17. The van der Waals surface area contributed by atoms with Crippen molar-refractivity contribution in [3.8, 4) is 0 Å². The molecule has 0 N–H and O–H groups in total. The van der Waals surface area contributed by atoms with E-state index < -0.39 is 0 Å². The van der Waals surface area contributed by atoms with Crippen molar-refractivity contribution in [2.75, 3.05) is 0 Å². The maximum Gasteiger partial charge on any atom is 0.129 e. The standard InChI is InChI=1S/C7H6BrN3/c1-5-4-11-6(3-9-5)2-7(8)10-11/h2-4H,1H3. The van der Waals surface area contributed by atoms with Crippen LogP contribution in [0.4, 0.5) is 0 Å². The Labute approximate surface area is 72.2 Å². The van der Waals surface area contributed by atoms with Gasteiger partial charge in [0.25, 0.3) is 0 Å². The minimum Gasteiger partial charge on any atom is -0.258 e. The van der Waals surface area contributed by atoms with E-state index in [2.05, 4.69) is 26.0 Å². The maximum absolute atomic E-state index is 4.17. The van der Waals surface area contributed by atoms with E-state index in [1.165, 1.54) is 0 Å². The summed E-state index contributed by atoms with van der Waals surface area (Å²) >= 11 is 3.29. The molecule has 3 nitrogen and oxygen atoms in total. The van der Waals surface area contributed by atoms with Crippen molar-refractivity contribution in [3.63, 3.8) is 0 Å². The first-order valence-corrected chi connectivity index (χ1v) is 4.02. The average Bonchev–Trinajstić information content (AvgIpc) is 2.27. The zero-order valence-corrected chi connectivity index (χ0v) is 7.54. The van der Waals surface area contributed by atoms with Crippen molar-refractivity contribution in [3.05, 3.63) is 28.8 Å². The number of hydrogen-bond donors (Lipinski definition) is 0. The molecule has 0 bridgehead atoms. The summed E-state index contributed by atoms with van der Waals surface area (Å²) in [4.78, 5) is 4.14. The molecular weight excluding hydrogens is 206 g/mol. The quantitative estimate of drug-likeness (QED) is 0.666. The average molecular weight is 212 g/mol. The zero-order chi connectivity index (χ0) is 7.84. The molecule has 2 aromatic rings. The van der Waals surface area contributed by atoms with Crippen molar-refractivity contribution in [1.82, 2.24) is 14.6 Å². The summed E-state index contributed by atoms with van der Waals surface area (Å²) in [5.74, 6) is 0. The van der Waals surface area contributed by atoms with E-state index in [0.29, 0.717) is 0 Å². The normalized spacial score (nSPS) is 10.7. The van der Waals surface area contributed by atoms with Gasteiger partial charge in [-0.05, 0) is 22.9 Å². The molecule has 0 unspecified atom stereocenters. The van der Waals surface area contributed by atoms with Crippen molar-refractivity contribution in [2.24, 2.45) is 0 Å². The first-order chi connectivity index (χ1) is 5.25. The number of aryl methyl sites for hydroxylation is 1. The topological polar surface area (TPSA) is 30.2 Å². The molecule has 11 heavy (non-hydrogen) atoms. The minimum atomic E-state index is 0.838. The second-order valence-corrected chi connectivity index (χ2v) is 3.18. The Hall–Kier alpha value is -0.900. The molecule has 0 atom stereocenters. The smallest absolute Gasteiger partial charge is 0.129 e. The molecular formula is C7H6BrN3. The molecule has 2 rings (SSSR count).